The summed E-state index contributed by atoms with van der Waals surface area (Å²) in [4.78, 5) is 33.6. The predicted molar refractivity (Wildman–Crippen MR) is 134 cm³/mol. The van der Waals surface area contributed by atoms with Crippen molar-refractivity contribution in [3.63, 3.8) is 0 Å². The Morgan fingerprint density at radius 3 is 2.65 bits per heavy atom. The summed E-state index contributed by atoms with van der Waals surface area (Å²) in [5.74, 6) is 0.878. The number of aromatic nitrogens is 4. The molecule has 34 heavy (non-hydrogen) atoms. The maximum Gasteiger partial charge on any atom is 0.318 e. The zero-order valence-corrected chi connectivity index (χ0v) is 19.8. The monoisotopic (exact) mass is 475 g/mol. The van der Waals surface area contributed by atoms with Crippen LogP contribution in [0.5, 0.6) is 0 Å². The van der Waals surface area contributed by atoms with Gasteiger partial charge in [0.25, 0.3) is 0 Å². The number of amides is 2. The molecule has 0 spiro atoms. The second-order valence-corrected chi connectivity index (χ2v) is 9.03. The Morgan fingerprint density at radius 2 is 1.91 bits per heavy atom. The Morgan fingerprint density at radius 1 is 1.15 bits per heavy atom. The van der Waals surface area contributed by atoms with Crippen LogP contribution >= 0.6 is 11.6 Å². The van der Waals surface area contributed by atoms with Crippen LogP contribution in [0.3, 0.4) is 0 Å². The highest BCUT2D eigenvalue weighted by atomic mass is 35.5. The van der Waals surface area contributed by atoms with Gasteiger partial charge in [-0.25, -0.2) is 14.8 Å². The van der Waals surface area contributed by atoms with E-state index in [0.717, 1.165) is 33.7 Å². The number of halogens is 1. The van der Waals surface area contributed by atoms with Gasteiger partial charge in [0.2, 0.25) is 0 Å². The number of anilines is 1. The van der Waals surface area contributed by atoms with Gasteiger partial charge >= 0.3 is 6.03 Å². The molecule has 0 radical (unpaired) electrons. The molecular weight excluding hydrogens is 450 g/mol. The van der Waals surface area contributed by atoms with Crippen molar-refractivity contribution < 1.29 is 4.79 Å². The Balaban J connectivity index is 1.29. The molecule has 1 saturated heterocycles. The van der Waals surface area contributed by atoms with Crippen molar-refractivity contribution in [2.45, 2.75) is 25.9 Å². The van der Waals surface area contributed by atoms with E-state index in [1.807, 2.05) is 48.2 Å². The number of hydrogen-bond donors (Lipinski definition) is 2. The van der Waals surface area contributed by atoms with E-state index in [9.17, 15) is 4.79 Å². The zero-order valence-electron chi connectivity index (χ0n) is 19.1. The number of benzene rings is 1. The van der Waals surface area contributed by atoms with Crippen molar-refractivity contribution in [1.29, 1.82) is 0 Å². The summed E-state index contributed by atoms with van der Waals surface area (Å²) in [6.07, 6.45) is 5.13. The summed E-state index contributed by atoms with van der Waals surface area (Å²) in [7, 11) is 0. The summed E-state index contributed by atoms with van der Waals surface area (Å²) in [6, 6.07) is 13.4. The van der Waals surface area contributed by atoms with Gasteiger partial charge in [0.05, 0.1) is 11.4 Å². The average molecular weight is 476 g/mol. The standard InChI is InChI=1S/C25H26ClN7O/c1-16-14-32(11-12-33(16)25(34)30-17(2)18-3-5-20(26)6-4-18)24-21-13-22(19-7-9-27-10-8-19)31-23(21)28-15-29-24/h3-10,13,15-17H,11-12,14H2,1-2H3,(H,30,34)(H,28,29,31)/t16-,17-/m0/s1. The van der Waals surface area contributed by atoms with Crippen LogP contribution in [0, 0.1) is 0 Å². The van der Waals surface area contributed by atoms with Crippen LogP contribution in [-0.4, -0.2) is 56.5 Å². The smallest absolute Gasteiger partial charge is 0.318 e. The number of nitrogens with zero attached hydrogens (tertiary/aromatic N) is 5. The Hall–Kier alpha value is -3.65. The number of fused-ring (bicyclic) bond motifs is 1. The third-order valence-electron chi connectivity index (χ3n) is 6.29. The number of carbonyl (C=O) groups is 1. The first-order valence-corrected chi connectivity index (χ1v) is 11.7. The molecule has 9 heteroatoms. The first-order valence-electron chi connectivity index (χ1n) is 11.3. The number of nitrogens with one attached hydrogen (secondary N) is 2. The predicted octanol–water partition coefficient (Wildman–Crippen LogP) is 4.65. The lowest BCUT2D eigenvalue weighted by atomic mass is 10.1. The topological polar surface area (TPSA) is 90.0 Å². The quantitative estimate of drug-likeness (QED) is 0.448. The van der Waals surface area contributed by atoms with Crippen LogP contribution in [0.1, 0.15) is 25.5 Å². The molecule has 2 N–H and O–H groups in total. The molecule has 4 heterocycles. The number of H-pyrrole nitrogens is 1. The summed E-state index contributed by atoms with van der Waals surface area (Å²) in [6.45, 7) is 6.02. The fourth-order valence-electron chi connectivity index (χ4n) is 4.42. The largest absolute Gasteiger partial charge is 0.352 e. The fraction of sp³-hybridized carbons (Fsp3) is 0.280. The van der Waals surface area contributed by atoms with Gasteiger partial charge in [-0.3, -0.25) is 4.98 Å². The van der Waals surface area contributed by atoms with Crippen LogP contribution in [0.2, 0.25) is 5.02 Å². The van der Waals surface area contributed by atoms with Gasteiger partial charge in [-0.05, 0) is 49.7 Å². The molecule has 2 atom stereocenters. The Labute approximate surface area is 203 Å². The first kappa shape index (κ1) is 22.2. The van der Waals surface area contributed by atoms with Crippen molar-refractivity contribution in [3.05, 3.63) is 71.8 Å². The first-order chi connectivity index (χ1) is 16.5. The lowest BCUT2D eigenvalue weighted by molar-refractivity contribution is 0.168. The SMILES string of the molecule is C[C@H](NC(=O)N1CCN(c2ncnc3[nH]c(-c4ccncc4)cc23)C[C@@H]1C)c1ccc(Cl)cc1. The normalized spacial score (nSPS) is 17.1. The third-order valence-corrected chi connectivity index (χ3v) is 6.55. The minimum absolute atomic E-state index is 0.0230. The van der Waals surface area contributed by atoms with Crippen LogP contribution in [0.25, 0.3) is 22.3 Å². The molecule has 2 amide bonds. The van der Waals surface area contributed by atoms with E-state index in [0.29, 0.717) is 24.7 Å². The van der Waals surface area contributed by atoms with Gasteiger partial charge < -0.3 is 20.1 Å². The highest BCUT2D eigenvalue weighted by molar-refractivity contribution is 6.30. The van der Waals surface area contributed by atoms with Gasteiger partial charge in [-0.2, -0.15) is 0 Å². The molecule has 0 aliphatic carbocycles. The molecule has 174 valence electrons. The minimum atomic E-state index is -0.108. The number of carbonyl (C=O) groups excluding carboxylic acids is 1. The van der Waals surface area contributed by atoms with Crippen molar-refractivity contribution in [2.24, 2.45) is 0 Å². The molecule has 0 saturated carbocycles. The zero-order chi connectivity index (χ0) is 23.7. The lowest BCUT2D eigenvalue weighted by Crippen LogP contribution is -2.57. The van der Waals surface area contributed by atoms with E-state index in [1.54, 1.807) is 18.7 Å². The number of pyridine rings is 1. The molecule has 0 bridgehead atoms. The van der Waals surface area contributed by atoms with Crippen LogP contribution in [-0.2, 0) is 0 Å². The van der Waals surface area contributed by atoms with E-state index in [2.05, 4.69) is 43.1 Å². The summed E-state index contributed by atoms with van der Waals surface area (Å²) in [5, 5.41) is 4.76. The van der Waals surface area contributed by atoms with E-state index in [-0.39, 0.29) is 18.1 Å². The fourth-order valence-corrected chi connectivity index (χ4v) is 4.55. The summed E-state index contributed by atoms with van der Waals surface area (Å²) < 4.78 is 0. The highest BCUT2D eigenvalue weighted by Gasteiger charge is 2.30. The van der Waals surface area contributed by atoms with Crippen molar-refractivity contribution in [1.82, 2.24) is 30.2 Å². The molecule has 5 rings (SSSR count). The van der Waals surface area contributed by atoms with Gasteiger partial charge in [0, 0.05) is 54.3 Å². The Bertz CT molecular complexity index is 1290. The maximum atomic E-state index is 13.0. The molecule has 1 fully saturated rings. The molecule has 8 nitrogen and oxygen atoms in total. The number of urea groups is 1. The summed E-state index contributed by atoms with van der Waals surface area (Å²) >= 11 is 5.98. The van der Waals surface area contributed by atoms with Gasteiger partial charge in [0.1, 0.15) is 17.8 Å². The third kappa shape index (κ3) is 4.41. The van der Waals surface area contributed by atoms with Gasteiger partial charge in [-0.1, -0.05) is 23.7 Å². The van der Waals surface area contributed by atoms with Crippen molar-refractivity contribution in [2.75, 3.05) is 24.5 Å². The lowest BCUT2D eigenvalue weighted by Gasteiger charge is -2.40. The van der Waals surface area contributed by atoms with Crippen molar-refractivity contribution >= 4 is 34.5 Å². The number of aromatic amines is 1. The van der Waals surface area contributed by atoms with Crippen LogP contribution in [0.15, 0.2) is 61.2 Å². The highest BCUT2D eigenvalue weighted by Crippen LogP contribution is 2.29. The maximum absolute atomic E-state index is 13.0. The van der Waals surface area contributed by atoms with E-state index in [1.165, 1.54) is 0 Å². The second-order valence-electron chi connectivity index (χ2n) is 8.59. The molecule has 0 unspecified atom stereocenters. The molecule has 1 aliphatic rings. The minimum Gasteiger partial charge on any atom is -0.352 e. The van der Waals surface area contributed by atoms with E-state index >= 15 is 0 Å². The molecule has 4 aromatic rings. The molecular formula is C25H26ClN7O. The average Bonchev–Trinajstić information content (AvgIpc) is 3.29. The van der Waals surface area contributed by atoms with Gasteiger partial charge in [-0.15, -0.1) is 0 Å². The molecule has 1 aliphatic heterocycles. The van der Waals surface area contributed by atoms with E-state index in [4.69, 9.17) is 11.6 Å². The van der Waals surface area contributed by atoms with Crippen molar-refractivity contribution in [3.8, 4) is 11.3 Å². The summed E-state index contributed by atoms with van der Waals surface area (Å²) in [5.41, 5.74) is 3.83. The number of hydrogen-bond acceptors (Lipinski definition) is 5. The molecule has 1 aromatic carbocycles. The van der Waals surface area contributed by atoms with Crippen LogP contribution in [0.4, 0.5) is 10.6 Å². The van der Waals surface area contributed by atoms with E-state index < -0.39 is 0 Å². The number of piperazine rings is 1. The number of rotatable bonds is 4. The Kier molecular flexibility index (Phi) is 6.06. The second kappa shape index (κ2) is 9.30. The van der Waals surface area contributed by atoms with Gasteiger partial charge in [0.15, 0.2) is 0 Å². The molecule has 3 aromatic heterocycles. The van der Waals surface area contributed by atoms with Crippen LogP contribution < -0.4 is 10.2 Å².